The molecule has 0 saturated heterocycles. The van der Waals surface area contributed by atoms with E-state index in [4.69, 9.17) is 0 Å². The van der Waals surface area contributed by atoms with Gasteiger partial charge >= 0.3 is 0 Å². The Hall–Kier alpha value is -0.170. The van der Waals surface area contributed by atoms with Crippen molar-refractivity contribution >= 4 is 10.1 Å². The normalized spacial score (nSPS) is 11.8. The molecule has 0 rings (SSSR count). The number of hydrogen-bond acceptors (Lipinski definition) is 5. The second kappa shape index (κ2) is 4.62. The zero-order chi connectivity index (χ0) is 8.04. The van der Waals surface area contributed by atoms with Crippen LogP contribution in [0.4, 0.5) is 0 Å². The molecule has 0 bridgehead atoms. The first-order valence-corrected chi connectivity index (χ1v) is 4.38. The van der Waals surface area contributed by atoms with Crippen LogP contribution in [0.25, 0.3) is 0 Å². The highest BCUT2D eigenvalue weighted by Crippen LogP contribution is 1.87. The SMILES string of the molecule is COCCOOS(C)(=O)=O. The van der Waals surface area contributed by atoms with Crippen molar-refractivity contribution in [2.75, 3.05) is 26.6 Å². The summed E-state index contributed by atoms with van der Waals surface area (Å²) in [7, 11) is -2.01. The van der Waals surface area contributed by atoms with Crippen LogP contribution >= 0.6 is 0 Å². The van der Waals surface area contributed by atoms with Crippen molar-refractivity contribution in [1.82, 2.24) is 0 Å². The van der Waals surface area contributed by atoms with Gasteiger partial charge in [-0.3, -0.25) is 0 Å². The van der Waals surface area contributed by atoms with Crippen molar-refractivity contribution in [3.05, 3.63) is 0 Å². The quantitative estimate of drug-likeness (QED) is 0.317. The predicted molar refractivity (Wildman–Crippen MR) is 33.8 cm³/mol. The van der Waals surface area contributed by atoms with E-state index in [2.05, 4.69) is 14.0 Å². The number of methoxy groups -OCH3 is 1. The van der Waals surface area contributed by atoms with E-state index >= 15 is 0 Å². The molecule has 0 aromatic rings. The van der Waals surface area contributed by atoms with Gasteiger partial charge in [-0.1, -0.05) is 0 Å². The molecule has 0 N–H and O–H groups in total. The summed E-state index contributed by atoms with van der Waals surface area (Å²) in [6, 6.07) is 0. The average Bonchev–Trinajstić information content (AvgIpc) is 1.78. The van der Waals surface area contributed by atoms with E-state index in [-0.39, 0.29) is 6.61 Å². The lowest BCUT2D eigenvalue weighted by atomic mass is 10.8. The van der Waals surface area contributed by atoms with Gasteiger partial charge in [0, 0.05) is 7.11 Å². The lowest BCUT2D eigenvalue weighted by Crippen LogP contribution is -2.07. The van der Waals surface area contributed by atoms with Gasteiger partial charge in [-0.25, -0.2) is 4.89 Å². The fourth-order valence-electron chi connectivity index (χ4n) is 0.239. The fourth-order valence-corrected chi connectivity index (χ4v) is 0.482. The Morgan fingerprint density at radius 2 is 1.90 bits per heavy atom. The topological polar surface area (TPSA) is 61.8 Å². The minimum absolute atomic E-state index is 0.101. The van der Waals surface area contributed by atoms with Crippen LogP contribution < -0.4 is 0 Å². The number of ether oxygens (including phenoxy) is 1. The van der Waals surface area contributed by atoms with Gasteiger partial charge in [0.05, 0.1) is 12.9 Å². The third-order valence-electron chi connectivity index (χ3n) is 0.543. The van der Waals surface area contributed by atoms with Crippen molar-refractivity contribution in [3.8, 4) is 0 Å². The molecular weight excluding hydrogens is 160 g/mol. The molecule has 0 saturated carbocycles. The molecule has 62 valence electrons. The third-order valence-corrected chi connectivity index (χ3v) is 0.886. The van der Waals surface area contributed by atoms with Gasteiger partial charge in [0.1, 0.15) is 6.61 Å². The van der Waals surface area contributed by atoms with Crippen LogP contribution in [0, 0.1) is 0 Å². The maximum atomic E-state index is 10.2. The van der Waals surface area contributed by atoms with E-state index in [1.807, 2.05) is 0 Å². The molecule has 6 heteroatoms. The highest BCUT2D eigenvalue weighted by atomic mass is 32.2. The van der Waals surface area contributed by atoms with Crippen LogP contribution in [-0.4, -0.2) is 35.0 Å². The molecule has 0 aliphatic heterocycles. The Labute approximate surface area is 59.9 Å². The summed E-state index contributed by atoms with van der Waals surface area (Å²) in [5.74, 6) is 0. The standard InChI is InChI=1S/C4H10O5S/c1-7-3-4-8-9-10(2,5)6/h3-4H2,1-2H3. The van der Waals surface area contributed by atoms with E-state index in [1.54, 1.807) is 0 Å². The molecule has 0 amide bonds. The van der Waals surface area contributed by atoms with Crippen molar-refractivity contribution in [3.63, 3.8) is 0 Å². The smallest absolute Gasteiger partial charge is 0.290 e. The minimum Gasteiger partial charge on any atom is -0.382 e. The maximum Gasteiger partial charge on any atom is 0.290 e. The summed E-state index contributed by atoms with van der Waals surface area (Å²) in [6.07, 6.45) is 0.903. The summed E-state index contributed by atoms with van der Waals surface area (Å²) in [5.41, 5.74) is 0. The highest BCUT2D eigenvalue weighted by Gasteiger charge is 2.00. The minimum atomic E-state index is -3.48. The van der Waals surface area contributed by atoms with E-state index in [0.717, 1.165) is 6.26 Å². The van der Waals surface area contributed by atoms with Crippen LogP contribution in [0.1, 0.15) is 0 Å². The van der Waals surface area contributed by atoms with E-state index in [9.17, 15) is 8.42 Å². The fraction of sp³-hybridized carbons (Fsp3) is 1.00. The van der Waals surface area contributed by atoms with Gasteiger partial charge in [0.25, 0.3) is 10.1 Å². The van der Waals surface area contributed by atoms with Crippen LogP contribution in [0.5, 0.6) is 0 Å². The first-order valence-electron chi connectivity index (χ1n) is 2.56. The van der Waals surface area contributed by atoms with E-state index < -0.39 is 10.1 Å². The molecule has 0 aliphatic rings. The second-order valence-corrected chi connectivity index (χ2v) is 3.13. The van der Waals surface area contributed by atoms with Gasteiger partial charge in [-0.2, -0.15) is 8.42 Å². The van der Waals surface area contributed by atoms with E-state index in [1.165, 1.54) is 7.11 Å². The van der Waals surface area contributed by atoms with E-state index in [0.29, 0.717) is 6.61 Å². The van der Waals surface area contributed by atoms with Gasteiger partial charge in [0.15, 0.2) is 0 Å². The predicted octanol–water partition coefficient (Wildman–Crippen LogP) is -0.459. The third kappa shape index (κ3) is 7.83. The molecule has 0 atom stereocenters. The Kier molecular flexibility index (Phi) is 4.54. The molecular formula is C4H10O5S. The lowest BCUT2D eigenvalue weighted by Gasteiger charge is -1.98. The van der Waals surface area contributed by atoms with Crippen molar-refractivity contribution in [1.29, 1.82) is 0 Å². The zero-order valence-corrected chi connectivity index (χ0v) is 6.68. The second-order valence-electron chi connectivity index (χ2n) is 1.59. The van der Waals surface area contributed by atoms with Crippen molar-refractivity contribution in [2.45, 2.75) is 0 Å². The highest BCUT2D eigenvalue weighted by molar-refractivity contribution is 7.85. The van der Waals surface area contributed by atoms with Gasteiger partial charge in [0.2, 0.25) is 0 Å². The van der Waals surface area contributed by atoms with Gasteiger partial charge < -0.3 is 4.74 Å². The monoisotopic (exact) mass is 170 g/mol. The van der Waals surface area contributed by atoms with Crippen LogP contribution in [-0.2, 0) is 24.1 Å². The molecule has 0 unspecified atom stereocenters. The van der Waals surface area contributed by atoms with Crippen molar-refractivity contribution < 1.29 is 22.4 Å². The molecule has 0 radical (unpaired) electrons. The summed E-state index contributed by atoms with van der Waals surface area (Å²) in [5, 5.41) is 0. The molecule has 0 aliphatic carbocycles. The Bertz CT molecular complexity index is 160. The lowest BCUT2D eigenvalue weighted by molar-refractivity contribution is -0.208. The van der Waals surface area contributed by atoms with Gasteiger partial charge in [-0.05, 0) is 0 Å². The summed E-state index contributed by atoms with van der Waals surface area (Å²) < 4.78 is 28.9. The summed E-state index contributed by atoms with van der Waals surface area (Å²) in [6.45, 7) is 0.402. The summed E-state index contributed by atoms with van der Waals surface area (Å²) in [4.78, 5) is 4.23. The Balaban J connectivity index is 3.21. The van der Waals surface area contributed by atoms with Gasteiger partial charge in [-0.15, -0.1) is 4.33 Å². The van der Waals surface area contributed by atoms with Crippen LogP contribution in [0.3, 0.4) is 0 Å². The Morgan fingerprint density at radius 1 is 1.30 bits per heavy atom. The maximum absolute atomic E-state index is 10.2. The summed E-state index contributed by atoms with van der Waals surface area (Å²) >= 11 is 0. The first kappa shape index (κ1) is 9.83. The van der Waals surface area contributed by atoms with Crippen LogP contribution in [0.15, 0.2) is 0 Å². The molecule has 10 heavy (non-hydrogen) atoms. The molecule has 0 aromatic heterocycles. The average molecular weight is 170 g/mol. The molecule has 0 heterocycles. The molecule has 0 aromatic carbocycles. The van der Waals surface area contributed by atoms with Crippen molar-refractivity contribution in [2.24, 2.45) is 0 Å². The first-order chi connectivity index (χ1) is 4.56. The molecule has 0 spiro atoms. The van der Waals surface area contributed by atoms with Crippen LogP contribution in [0.2, 0.25) is 0 Å². The zero-order valence-electron chi connectivity index (χ0n) is 5.86. The Morgan fingerprint density at radius 3 is 2.30 bits per heavy atom. The molecule has 0 fully saturated rings. The number of rotatable bonds is 5. The molecule has 5 nitrogen and oxygen atoms in total. The largest absolute Gasteiger partial charge is 0.382 e. The number of hydrogen-bond donors (Lipinski definition) is 0.